The third kappa shape index (κ3) is 2.38. The van der Waals surface area contributed by atoms with Gasteiger partial charge < -0.3 is 4.74 Å². The molecule has 3 heteroatoms. The Labute approximate surface area is 180 Å². The molecule has 0 aliphatic heterocycles. The molecule has 5 aliphatic carbocycles. The maximum Gasteiger partial charge on any atom is 0.302 e. The highest BCUT2D eigenvalue weighted by Gasteiger charge is 2.73. The van der Waals surface area contributed by atoms with Crippen LogP contribution in [-0.2, 0) is 9.53 Å². The highest BCUT2D eigenvalue weighted by Crippen LogP contribution is 2.80. The standard InChI is InChI=1S/C27H35NO2/c1-17(29)30-20-8-11-26(3)24-9-10-25(2)22(18-5-4-12-28-16-18)6-7-23(25)21(24)13-19-14-27(19,26)15-20/h4-6,12,16,19-21,23-24H,7-11,13-15H2,1-3H3/t19?,20-,21-,23-,24-,25+,26+,27?/m0/s1. The first-order chi connectivity index (χ1) is 14.4. The topological polar surface area (TPSA) is 39.2 Å². The van der Waals surface area contributed by atoms with Crippen LogP contribution >= 0.6 is 0 Å². The third-order valence-corrected chi connectivity index (χ3v) is 10.6. The van der Waals surface area contributed by atoms with Crippen LogP contribution in [0.1, 0.15) is 77.7 Å². The van der Waals surface area contributed by atoms with Gasteiger partial charge in [0.25, 0.3) is 0 Å². The average Bonchev–Trinajstić information content (AvgIpc) is 3.29. The predicted octanol–water partition coefficient (Wildman–Crippen LogP) is 6.05. The molecule has 4 fully saturated rings. The van der Waals surface area contributed by atoms with Gasteiger partial charge in [-0.1, -0.05) is 26.0 Å². The minimum absolute atomic E-state index is 0.0979. The summed E-state index contributed by atoms with van der Waals surface area (Å²) in [5, 5.41) is 0. The van der Waals surface area contributed by atoms with Crippen LogP contribution in [0.2, 0.25) is 0 Å². The van der Waals surface area contributed by atoms with Gasteiger partial charge in [-0.15, -0.1) is 0 Å². The van der Waals surface area contributed by atoms with Crippen molar-refractivity contribution in [3.8, 4) is 0 Å². The van der Waals surface area contributed by atoms with Crippen LogP contribution in [0.5, 0.6) is 0 Å². The second-order valence-electron chi connectivity index (χ2n) is 11.6. The molecule has 30 heavy (non-hydrogen) atoms. The van der Waals surface area contributed by atoms with Gasteiger partial charge >= 0.3 is 5.97 Å². The van der Waals surface area contributed by atoms with Crippen molar-refractivity contribution in [3.05, 3.63) is 36.2 Å². The molecule has 4 saturated carbocycles. The molecular formula is C27H35NO2. The molecule has 0 aromatic carbocycles. The summed E-state index contributed by atoms with van der Waals surface area (Å²) in [6.07, 6.45) is 16.8. The lowest BCUT2D eigenvalue weighted by molar-refractivity contribution is -0.161. The Morgan fingerprint density at radius 1 is 1.17 bits per heavy atom. The van der Waals surface area contributed by atoms with E-state index in [4.69, 9.17) is 4.74 Å². The van der Waals surface area contributed by atoms with Crippen LogP contribution in [-0.4, -0.2) is 17.1 Å². The fraction of sp³-hybridized carbons (Fsp3) is 0.704. The molecule has 1 spiro atoms. The Morgan fingerprint density at radius 3 is 2.80 bits per heavy atom. The van der Waals surface area contributed by atoms with Crippen molar-refractivity contribution in [3.63, 3.8) is 0 Å². The van der Waals surface area contributed by atoms with Crippen LogP contribution in [0.25, 0.3) is 5.57 Å². The van der Waals surface area contributed by atoms with Crippen LogP contribution in [0.3, 0.4) is 0 Å². The smallest absolute Gasteiger partial charge is 0.302 e. The molecule has 0 bridgehead atoms. The predicted molar refractivity (Wildman–Crippen MR) is 117 cm³/mol. The summed E-state index contributed by atoms with van der Waals surface area (Å²) < 4.78 is 5.71. The second-order valence-corrected chi connectivity index (χ2v) is 11.6. The van der Waals surface area contributed by atoms with E-state index in [1.807, 2.05) is 6.20 Å². The first kappa shape index (κ1) is 19.1. The van der Waals surface area contributed by atoms with Gasteiger partial charge in [0, 0.05) is 19.3 Å². The minimum Gasteiger partial charge on any atom is -0.463 e. The second kappa shape index (κ2) is 6.20. The number of nitrogens with zero attached hydrogens (tertiary/aromatic N) is 1. The van der Waals surface area contributed by atoms with Gasteiger partial charge in [0.05, 0.1) is 0 Å². The average molecular weight is 406 g/mol. The number of esters is 1. The molecule has 3 nitrogen and oxygen atoms in total. The normalized spacial score (nSPS) is 48.5. The van der Waals surface area contributed by atoms with Gasteiger partial charge in [-0.2, -0.15) is 0 Å². The van der Waals surface area contributed by atoms with Gasteiger partial charge in [0.2, 0.25) is 0 Å². The molecule has 0 saturated heterocycles. The molecule has 6 rings (SSSR count). The van der Waals surface area contributed by atoms with E-state index in [1.165, 1.54) is 44.1 Å². The molecule has 1 aromatic rings. The van der Waals surface area contributed by atoms with Gasteiger partial charge in [-0.25, -0.2) is 0 Å². The third-order valence-electron chi connectivity index (χ3n) is 10.6. The van der Waals surface area contributed by atoms with Gasteiger partial charge in [0.15, 0.2) is 0 Å². The van der Waals surface area contributed by atoms with E-state index in [-0.39, 0.29) is 12.1 Å². The van der Waals surface area contributed by atoms with Crippen LogP contribution in [0.15, 0.2) is 30.6 Å². The Balaban J connectivity index is 1.28. The zero-order valence-electron chi connectivity index (χ0n) is 18.7. The van der Waals surface area contributed by atoms with E-state index in [1.54, 1.807) is 12.5 Å². The molecule has 1 aromatic heterocycles. The summed E-state index contributed by atoms with van der Waals surface area (Å²) in [5.74, 6) is 3.23. The maximum absolute atomic E-state index is 11.6. The van der Waals surface area contributed by atoms with Crippen molar-refractivity contribution in [2.45, 2.75) is 78.2 Å². The van der Waals surface area contributed by atoms with Gasteiger partial charge in [-0.3, -0.25) is 9.78 Å². The zero-order chi connectivity index (χ0) is 20.7. The van der Waals surface area contributed by atoms with Gasteiger partial charge in [0.1, 0.15) is 6.10 Å². The van der Waals surface area contributed by atoms with Crippen molar-refractivity contribution in [1.29, 1.82) is 0 Å². The van der Waals surface area contributed by atoms with Crippen molar-refractivity contribution < 1.29 is 9.53 Å². The summed E-state index contributed by atoms with van der Waals surface area (Å²) in [4.78, 5) is 16.0. The molecule has 0 radical (unpaired) electrons. The molecule has 160 valence electrons. The van der Waals surface area contributed by atoms with Crippen molar-refractivity contribution in [2.75, 3.05) is 0 Å². The van der Waals surface area contributed by atoms with E-state index in [9.17, 15) is 4.79 Å². The van der Waals surface area contributed by atoms with E-state index in [0.717, 1.165) is 36.5 Å². The summed E-state index contributed by atoms with van der Waals surface area (Å²) in [6, 6.07) is 4.34. The van der Waals surface area contributed by atoms with E-state index < -0.39 is 0 Å². The summed E-state index contributed by atoms with van der Waals surface area (Å²) in [7, 11) is 0. The van der Waals surface area contributed by atoms with Crippen molar-refractivity contribution in [2.24, 2.45) is 39.9 Å². The number of rotatable bonds is 2. The molecule has 0 N–H and O–H groups in total. The fourth-order valence-corrected chi connectivity index (χ4v) is 9.25. The number of pyridine rings is 1. The van der Waals surface area contributed by atoms with E-state index in [2.05, 4.69) is 43.2 Å². The molecular weight excluding hydrogens is 370 g/mol. The minimum atomic E-state index is -0.0979. The molecule has 1 heterocycles. The van der Waals surface area contributed by atoms with Crippen LogP contribution in [0.4, 0.5) is 0 Å². The van der Waals surface area contributed by atoms with Crippen molar-refractivity contribution in [1.82, 2.24) is 4.98 Å². The molecule has 5 aliphatic rings. The Bertz CT molecular complexity index is 909. The Kier molecular flexibility index (Phi) is 3.94. The monoisotopic (exact) mass is 405 g/mol. The van der Waals surface area contributed by atoms with Crippen LogP contribution in [0, 0.1) is 39.9 Å². The lowest BCUT2D eigenvalue weighted by Gasteiger charge is -2.61. The lowest BCUT2D eigenvalue weighted by Crippen LogP contribution is -2.55. The molecule has 2 unspecified atom stereocenters. The van der Waals surface area contributed by atoms with Gasteiger partial charge in [-0.05, 0) is 108 Å². The summed E-state index contributed by atoms with van der Waals surface area (Å²) >= 11 is 0. The largest absolute Gasteiger partial charge is 0.463 e. The van der Waals surface area contributed by atoms with E-state index in [0.29, 0.717) is 16.2 Å². The number of allylic oxidation sites excluding steroid dienone is 2. The Hall–Kier alpha value is -1.64. The zero-order valence-corrected chi connectivity index (χ0v) is 18.7. The lowest BCUT2D eigenvalue weighted by atomic mass is 9.44. The fourth-order valence-electron chi connectivity index (χ4n) is 9.25. The number of hydrogen-bond acceptors (Lipinski definition) is 3. The number of carbonyl (C=O) groups is 1. The van der Waals surface area contributed by atoms with E-state index >= 15 is 0 Å². The first-order valence-corrected chi connectivity index (χ1v) is 12.2. The summed E-state index contributed by atoms with van der Waals surface area (Å²) in [6.45, 7) is 6.75. The highest BCUT2D eigenvalue weighted by molar-refractivity contribution is 5.72. The Morgan fingerprint density at radius 2 is 2.03 bits per heavy atom. The number of carbonyl (C=O) groups excluding carboxylic acids is 1. The quantitative estimate of drug-likeness (QED) is 0.562. The van der Waals surface area contributed by atoms with Crippen molar-refractivity contribution >= 4 is 11.5 Å². The highest BCUT2D eigenvalue weighted by atomic mass is 16.5. The SMILES string of the molecule is CC(=O)O[C@H]1CC[C@]2(C)[C@H]3CC[C@]4(C)C(c5cccnc5)=CC[C@H]4[C@@H]3CC3CC32C1. The molecule has 8 atom stereocenters. The summed E-state index contributed by atoms with van der Waals surface area (Å²) in [5.41, 5.74) is 4.11. The van der Waals surface area contributed by atoms with Crippen LogP contribution < -0.4 is 0 Å². The maximum atomic E-state index is 11.6. The number of ether oxygens (including phenoxy) is 1. The number of hydrogen-bond donors (Lipinski definition) is 0. The number of aromatic nitrogens is 1. The first-order valence-electron chi connectivity index (χ1n) is 12.2. The number of fused-ring (bicyclic) bond motifs is 4. The molecule has 0 amide bonds.